The highest BCUT2D eigenvalue weighted by atomic mass is 19.4. The number of carbonyl (C=O) groups is 2. The van der Waals surface area contributed by atoms with Crippen molar-refractivity contribution in [3.8, 4) is 22.8 Å². The Balaban J connectivity index is 1.47. The lowest BCUT2D eigenvalue weighted by molar-refractivity contribution is -0.137. The molecule has 0 unspecified atom stereocenters. The number of aromatic nitrogens is 4. The maximum Gasteiger partial charge on any atom is 0.416 e. The number of nitrogens with zero attached hydrogens (tertiary/aromatic N) is 4. The molecule has 1 aromatic heterocycles. The molecule has 0 aliphatic rings. The molecule has 0 saturated heterocycles. The Bertz CT molecular complexity index is 1270. The predicted molar refractivity (Wildman–Crippen MR) is 139 cm³/mol. The highest BCUT2D eigenvalue weighted by molar-refractivity contribution is 5.94. The second-order valence-electron chi connectivity index (χ2n) is 9.96. The third kappa shape index (κ3) is 9.31. The summed E-state index contributed by atoms with van der Waals surface area (Å²) < 4.78 is 44.5. The summed E-state index contributed by atoms with van der Waals surface area (Å²) in [4.78, 5) is 24.0. The van der Waals surface area contributed by atoms with Crippen LogP contribution in [0.4, 0.5) is 18.0 Å². The number of aryl methyl sites for hydroxylation is 1. The van der Waals surface area contributed by atoms with Crippen molar-refractivity contribution < 1.29 is 27.5 Å². The van der Waals surface area contributed by atoms with Crippen molar-refractivity contribution in [1.82, 2.24) is 31.0 Å². The molecule has 3 aromatic rings. The second-order valence-corrected chi connectivity index (χ2v) is 9.96. The van der Waals surface area contributed by atoms with E-state index >= 15 is 0 Å². The monoisotopic (exact) mass is 544 g/mol. The van der Waals surface area contributed by atoms with Gasteiger partial charge in [-0.3, -0.25) is 4.79 Å². The Kier molecular flexibility index (Phi) is 9.55. The standard InChI is InChI=1S/C27H31F3N6O3/c1-17-14-20(16-21(15-17)27(28,29)30)23-35-33-22(34-36-23)18-8-10-19(11-9-18)24(37)31-12-6-5-7-13-32-25(38)39-26(2,3)4/h8-11,14-16H,5-7,12-13H2,1-4H3,(H,31,37)(H,32,38). The second kappa shape index (κ2) is 12.6. The van der Waals surface area contributed by atoms with Gasteiger partial charge in [0.1, 0.15) is 5.60 Å². The SMILES string of the molecule is Cc1cc(-c2nnc(-c3ccc(C(=O)NCCCCCNC(=O)OC(C)(C)C)cc3)nn2)cc(C(F)(F)F)c1. The predicted octanol–water partition coefficient (Wildman–Crippen LogP) is 5.35. The molecule has 2 aromatic carbocycles. The van der Waals surface area contributed by atoms with Crippen LogP contribution < -0.4 is 10.6 Å². The number of halogens is 3. The summed E-state index contributed by atoms with van der Waals surface area (Å²) in [6.45, 7) is 7.94. The summed E-state index contributed by atoms with van der Waals surface area (Å²) in [6.07, 6.45) is -2.60. The van der Waals surface area contributed by atoms with Gasteiger partial charge in [-0.25, -0.2) is 4.79 Å². The van der Waals surface area contributed by atoms with E-state index in [9.17, 15) is 22.8 Å². The number of hydrogen-bond acceptors (Lipinski definition) is 7. The molecule has 0 atom stereocenters. The van der Waals surface area contributed by atoms with Gasteiger partial charge in [0.2, 0.25) is 11.6 Å². The third-order valence-corrected chi connectivity index (χ3v) is 5.35. The van der Waals surface area contributed by atoms with E-state index in [1.54, 1.807) is 52.0 Å². The maximum absolute atomic E-state index is 13.1. The topological polar surface area (TPSA) is 119 Å². The maximum atomic E-state index is 13.1. The summed E-state index contributed by atoms with van der Waals surface area (Å²) >= 11 is 0. The van der Waals surface area contributed by atoms with E-state index in [-0.39, 0.29) is 23.1 Å². The van der Waals surface area contributed by atoms with E-state index in [1.165, 1.54) is 6.07 Å². The molecule has 0 saturated carbocycles. The molecule has 208 valence electrons. The van der Waals surface area contributed by atoms with Crippen LogP contribution in [0.3, 0.4) is 0 Å². The van der Waals surface area contributed by atoms with Gasteiger partial charge in [-0.1, -0.05) is 12.1 Å². The minimum absolute atomic E-state index is 0.0235. The highest BCUT2D eigenvalue weighted by Gasteiger charge is 2.31. The molecule has 0 aliphatic heterocycles. The van der Waals surface area contributed by atoms with E-state index in [4.69, 9.17) is 4.74 Å². The Morgan fingerprint density at radius 2 is 1.36 bits per heavy atom. The Morgan fingerprint density at radius 3 is 1.92 bits per heavy atom. The minimum Gasteiger partial charge on any atom is -0.444 e. The first-order chi connectivity index (χ1) is 18.3. The summed E-state index contributed by atoms with van der Waals surface area (Å²) in [5.74, 6) is -0.0835. The van der Waals surface area contributed by atoms with Gasteiger partial charge < -0.3 is 15.4 Å². The number of amides is 2. The number of rotatable bonds is 9. The van der Waals surface area contributed by atoms with Gasteiger partial charge in [0.05, 0.1) is 5.56 Å². The number of alkyl carbamates (subject to hydrolysis) is 1. The quantitative estimate of drug-likeness (QED) is 0.349. The largest absolute Gasteiger partial charge is 0.444 e. The van der Waals surface area contributed by atoms with Gasteiger partial charge in [-0.2, -0.15) is 13.2 Å². The fourth-order valence-electron chi connectivity index (χ4n) is 3.54. The molecule has 0 fully saturated rings. The molecule has 2 amide bonds. The van der Waals surface area contributed by atoms with E-state index in [0.717, 1.165) is 31.4 Å². The first-order valence-corrected chi connectivity index (χ1v) is 12.4. The number of nitrogens with one attached hydrogen (secondary N) is 2. The van der Waals surface area contributed by atoms with E-state index < -0.39 is 23.4 Å². The van der Waals surface area contributed by atoms with Crippen LogP contribution in [0.5, 0.6) is 0 Å². The lowest BCUT2D eigenvalue weighted by atomic mass is 10.1. The van der Waals surface area contributed by atoms with Crippen molar-refractivity contribution in [1.29, 1.82) is 0 Å². The van der Waals surface area contributed by atoms with Crippen molar-refractivity contribution in [2.75, 3.05) is 13.1 Å². The lowest BCUT2D eigenvalue weighted by Crippen LogP contribution is -2.33. The smallest absolute Gasteiger partial charge is 0.416 e. The van der Waals surface area contributed by atoms with Crippen LogP contribution in [0.2, 0.25) is 0 Å². The molecule has 39 heavy (non-hydrogen) atoms. The molecule has 9 nitrogen and oxygen atoms in total. The van der Waals surface area contributed by atoms with Gasteiger partial charge in [-0.05, 0) is 82.9 Å². The van der Waals surface area contributed by atoms with Gasteiger partial charge >= 0.3 is 12.3 Å². The summed E-state index contributed by atoms with van der Waals surface area (Å²) in [6, 6.07) is 10.0. The zero-order valence-electron chi connectivity index (χ0n) is 22.2. The van der Waals surface area contributed by atoms with Crippen molar-refractivity contribution in [3.63, 3.8) is 0 Å². The molecular weight excluding hydrogens is 513 g/mol. The average molecular weight is 545 g/mol. The van der Waals surface area contributed by atoms with Crippen molar-refractivity contribution in [2.45, 2.75) is 58.7 Å². The van der Waals surface area contributed by atoms with Crippen LogP contribution in [-0.2, 0) is 10.9 Å². The summed E-state index contributed by atoms with van der Waals surface area (Å²) in [7, 11) is 0. The normalized spacial score (nSPS) is 11.7. The number of alkyl halides is 3. The Hall–Kier alpha value is -4.09. The molecule has 0 radical (unpaired) electrons. The first kappa shape index (κ1) is 29.5. The van der Waals surface area contributed by atoms with Crippen LogP contribution in [0, 0.1) is 6.92 Å². The van der Waals surface area contributed by atoms with Crippen molar-refractivity contribution in [3.05, 3.63) is 59.2 Å². The van der Waals surface area contributed by atoms with Crippen LogP contribution in [0.1, 0.15) is 61.5 Å². The van der Waals surface area contributed by atoms with Gasteiger partial charge in [-0.15, -0.1) is 20.4 Å². The van der Waals surface area contributed by atoms with Crippen LogP contribution in [0.25, 0.3) is 22.8 Å². The molecule has 0 aliphatic carbocycles. The summed E-state index contributed by atoms with van der Waals surface area (Å²) in [5, 5.41) is 21.4. The van der Waals surface area contributed by atoms with E-state index in [2.05, 4.69) is 31.0 Å². The molecule has 1 heterocycles. The number of carbonyl (C=O) groups excluding carboxylic acids is 2. The Morgan fingerprint density at radius 1 is 0.795 bits per heavy atom. The molecular formula is C27H31F3N6O3. The molecule has 2 N–H and O–H groups in total. The van der Waals surface area contributed by atoms with Crippen molar-refractivity contribution >= 4 is 12.0 Å². The van der Waals surface area contributed by atoms with Crippen LogP contribution in [0.15, 0.2) is 42.5 Å². The average Bonchev–Trinajstić information content (AvgIpc) is 2.86. The van der Waals surface area contributed by atoms with Gasteiger partial charge in [0.25, 0.3) is 5.91 Å². The lowest BCUT2D eigenvalue weighted by Gasteiger charge is -2.19. The van der Waals surface area contributed by atoms with E-state index in [0.29, 0.717) is 29.8 Å². The number of hydrogen-bond donors (Lipinski definition) is 2. The molecule has 12 heteroatoms. The Labute approximate surface area is 224 Å². The fourth-order valence-corrected chi connectivity index (χ4v) is 3.54. The number of ether oxygens (including phenoxy) is 1. The molecule has 0 bridgehead atoms. The zero-order valence-corrected chi connectivity index (χ0v) is 22.2. The zero-order chi connectivity index (χ0) is 28.6. The minimum atomic E-state index is -4.49. The highest BCUT2D eigenvalue weighted by Crippen LogP contribution is 2.32. The first-order valence-electron chi connectivity index (χ1n) is 12.4. The third-order valence-electron chi connectivity index (χ3n) is 5.35. The van der Waals surface area contributed by atoms with Crippen molar-refractivity contribution in [2.24, 2.45) is 0 Å². The van der Waals surface area contributed by atoms with Gasteiger partial charge in [0.15, 0.2) is 0 Å². The fraction of sp³-hybridized carbons (Fsp3) is 0.407. The van der Waals surface area contributed by atoms with Crippen LogP contribution >= 0.6 is 0 Å². The molecule has 0 spiro atoms. The molecule has 3 rings (SSSR count). The summed E-state index contributed by atoms with van der Waals surface area (Å²) in [5.41, 5.74) is 0.247. The number of unbranched alkanes of at least 4 members (excludes halogenated alkanes) is 2. The van der Waals surface area contributed by atoms with E-state index in [1.807, 2.05) is 0 Å². The number of benzene rings is 2. The van der Waals surface area contributed by atoms with Crippen LogP contribution in [-0.4, -0.2) is 51.1 Å². The van der Waals surface area contributed by atoms with Gasteiger partial charge in [0, 0.05) is 29.8 Å².